The SMILES string of the molecule is CNC(=O)c1ccc2nc(C(C)CC3CC4CC3CC4c3ccnc4ccc(F)cc34)[nH]c2c1. The van der Waals surface area contributed by atoms with E-state index in [4.69, 9.17) is 4.98 Å². The van der Waals surface area contributed by atoms with Gasteiger partial charge in [0, 0.05) is 30.1 Å². The van der Waals surface area contributed by atoms with Crippen molar-refractivity contribution in [3.8, 4) is 0 Å². The van der Waals surface area contributed by atoms with E-state index in [-0.39, 0.29) is 11.7 Å². The number of hydrogen-bond acceptors (Lipinski definition) is 3. The van der Waals surface area contributed by atoms with E-state index in [9.17, 15) is 9.18 Å². The van der Waals surface area contributed by atoms with Gasteiger partial charge in [0.2, 0.25) is 0 Å². The number of hydrogen-bond donors (Lipinski definition) is 2. The number of fused-ring (bicyclic) bond motifs is 4. The number of pyridine rings is 1. The van der Waals surface area contributed by atoms with Crippen molar-refractivity contribution < 1.29 is 9.18 Å². The molecule has 5 unspecified atom stereocenters. The standard InChI is InChI=1S/C28H29FN4O/c1-15(27-32-25-5-3-16(28(34)30-2)13-26(25)33-27)9-17-10-19-11-18(17)12-22(19)21-7-8-31-24-6-4-20(29)14-23(21)24/h3-8,13-15,17-19,22H,9-12H2,1-2H3,(H,30,34)(H,32,33). The first kappa shape index (κ1) is 21.3. The molecule has 4 aromatic rings. The van der Waals surface area contributed by atoms with Gasteiger partial charge in [-0.3, -0.25) is 9.78 Å². The second-order valence-corrected chi connectivity index (χ2v) is 10.2. The van der Waals surface area contributed by atoms with Crippen LogP contribution in [0.3, 0.4) is 0 Å². The van der Waals surface area contributed by atoms with E-state index in [1.165, 1.54) is 30.9 Å². The van der Waals surface area contributed by atoms with Crippen LogP contribution in [0, 0.1) is 23.6 Å². The molecule has 0 spiro atoms. The van der Waals surface area contributed by atoms with Crippen LogP contribution in [0.2, 0.25) is 0 Å². The number of amides is 1. The number of nitrogens with one attached hydrogen (secondary N) is 2. The summed E-state index contributed by atoms with van der Waals surface area (Å²) in [6, 6.07) is 12.7. The van der Waals surface area contributed by atoms with Crippen molar-refractivity contribution in [2.75, 3.05) is 7.05 Å². The number of aromatic amines is 1. The molecule has 2 bridgehead atoms. The molecule has 2 fully saturated rings. The van der Waals surface area contributed by atoms with Crippen molar-refractivity contribution in [2.45, 2.75) is 44.4 Å². The van der Waals surface area contributed by atoms with Gasteiger partial charge in [0.1, 0.15) is 11.6 Å². The topological polar surface area (TPSA) is 70.7 Å². The predicted octanol–water partition coefficient (Wildman–Crippen LogP) is 5.93. The smallest absolute Gasteiger partial charge is 0.251 e. The number of nitrogens with zero attached hydrogens (tertiary/aromatic N) is 2. The average molecular weight is 457 g/mol. The highest BCUT2D eigenvalue weighted by atomic mass is 19.1. The van der Waals surface area contributed by atoms with Crippen LogP contribution in [0.1, 0.15) is 66.2 Å². The van der Waals surface area contributed by atoms with Gasteiger partial charge in [0.25, 0.3) is 5.91 Å². The molecule has 2 aromatic heterocycles. The lowest BCUT2D eigenvalue weighted by atomic mass is 9.75. The fraction of sp³-hybridized carbons (Fsp3) is 0.393. The Kier molecular flexibility index (Phi) is 5.12. The third-order valence-corrected chi connectivity index (χ3v) is 8.25. The maximum atomic E-state index is 14.0. The highest BCUT2D eigenvalue weighted by Gasteiger charge is 2.46. The first-order valence-electron chi connectivity index (χ1n) is 12.3. The molecule has 2 aromatic carbocycles. The van der Waals surface area contributed by atoms with Crippen LogP contribution in [-0.2, 0) is 0 Å². The maximum Gasteiger partial charge on any atom is 0.251 e. The van der Waals surface area contributed by atoms with Crippen molar-refractivity contribution in [2.24, 2.45) is 17.8 Å². The minimum Gasteiger partial charge on any atom is -0.355 e. The second-order valence-electron chi connectivity index (χ2n) is 10.2. The predicted molar refractivity (Wildman–Crippen MR) is 131 cm³/mol. The van der Waals surface area contributed by atoms with Crippen LogP contribution in [-0.4, -0.2) is 27.9 Å². The van der Waals surface area contributed by atoms with E-state index in [0.29, 0.717) is 35.2 Å². The summed E-state index contributed by atoms with van der Waals surface area (Å²) in [7, 11) is 1.64. The molecule has 2 heterocycles. The van der Waals surface area contributed by atoms with Crippen molar-refractivity contribution >= 4 is 27.8 Å². The van der Waals surface area contributed by atoms with E-state index in [2.05, 4.69) is 28.3 Å². The molecule has 174 valence electrons. The molecule has 1 amide bonds. The fourth-order valence-electron chi connectivity index (χ4n) is 6.64. The highest BCUT2D eigenvalue weighted by Crippen LogP contribution is 2.58. The lowest BCUT2D eigenvalue weighted by molar-refractivity contribution is 0.0963. The summed E-state index contributed by atoms with van der Waals surface area (Å²) in [6.07, 6.45) is 6.64. The zero-order valence-corrected chi connectivity index (χ0v) is 19.5. The molecule has 2 aliphatic rings. The lowest BCUT2D eigenvalue weighted by Crippen LogP contribution is -2.19. The van der Waals surface area contributed by atoms with E-state index >= 15 is 0 Å². The van der Waals surface area contributed by atoms with Crippen LogP contribution >= 0.6 is 0 Å². The Morgan fingerprint density at radius 3 is 2.76 bits per heavy atom. The Bertz CT molecular complexity index is 1400. The molecule has 6 rings (SSSR count). The molecular weight excluding hydrogens is 427 g/mol. The Labute approximate surface area is 198 Å². The number of aromatic nitrogens is 3. The van der Waals surface area contributed by atoms with Crippen molar-refractivity contribution in [3.63, 3.8) is 0 Å². The lowest BCUT2D eigenvalue weighted by Gasteiger charge is -2.30. The van der Waals surface area contributed by atoms with Gasteiger partial charge in [-0.05, 0) is 97.4 Å². The van der Waals surface area contributed by atoms with Gasteiger partial charge in [-0.2, -0.15) is 0 Å². The molecule has 5 atom stereocenters. The van der Waals surface area contributed by atoms with Gasteiger partial charge < -0.3 is 10.3 Å². The van der Waals surface area contributed by atoms with Crippen LogP contribution < -0.4 is 5.32 Å². The summed E-state index contributed by atoms with van der Waals surface area (Å²) in [5.41, 5.74) is 4.61. The molecule has 5 nitrogen and oxygen atoms in total. The molecule has 34 heavy (non-hydrogen) atoms. The number of H-pyrrole nitrogens is 1. The first-order valence-corrected chi connectivity index (χ1v) is 12.3. The zero-order valence-electron chi connectivity index (χ0n) is 19.5. The summed E-state index contributed by atoms with van der Waals surface area (Å²) >= 11 is 0. The van der Waals surface area contributed by atoms with E-state index in [0.717, 1.165) is 34.2 Å². The molecule has 6 heteroatoms. The largest absolute Gasteiger partial charge is 0.355 e. The fourth-order valence-corrected chi connectivity index (χ4v) is 6.64. The maximum absolute atomic E-state index is 14.0. The molecule has 0 aliphatic heterocycles. The van der Waals surface area contributed by atoms with Crippen LogP contribution in [0.25, 0.3) is 21.9 Å². The van der Waals surface area contributed by atoms with Gasteiger partial charge >= 0.3 is 0 Å². The summed E-state index contributed by atoms with van der Waals surface area (Å²) in [6.45, 7) is 2.25. The number of benzene rings is 2. The normalized spacial score (nSPS) is 24.7. The summed E-state index contributed by atoms with van der Waals surface area (Å²) in [5, 5.41) is 3.65. The molecule has 2 N–H and O–H groups in total. The Morgan fingerprint density at radius 2 is 1.97 bits per heavy atom. The summed E-state index contributed by atoms with van der Waals surface area (Å²) < 4.78 is 14.0. The zero-order chi connectivity index (χ0) is 23.4. The van der Waals surface area contributed by atoms with Crippen molar-refractivity contribution in [3.05, 3.63) is 71.4 Å². The highest BCUT2D eigenvalue weighted by molar-refractivity contribution is 5.97. The van der Waals surface area contributed by atoms with Crippen molar-refractivity contribution in [1.82, 2.24) is 20.3 Å². The monoisotopic (exact) mass is 456 g/mol. The molecular formula is C28H29FN4O. The third-order valence-electron chi connectivity index (χ3n) is 8.25. The number of carbonyl (C=O) groups is 1. The van der Waals surface area contributed by atoms with E-state index in [1.54, 1.807) is 19.2 Å². The van der Waals surface area contributed by atoms with Crippen LogP contribution in [0.5, 0.6) is 0 Å². The number of halogens is 1. The van der Waals surface area contributed by atoms with Crippen molar-refractivity contribution in [1.29, 1.82) is 0 Å². The summed E-state index contributed by atoms with van der Waals surface area (Å²) in [4.78, 5) is 24.7. The number of carbonyl (C=O) groups excluding carboxylic acids is 1. The van der Waals surface area contributed by atoms with Crippen LogP contribution in [0.15, 0.2) is 48.7 Å². The molecule has 2 saturated carbocycles. The Hall–Kier alpha value is -3.28. The molecule has 2 aliphatic carbocycles. The number of rotatable bonds is 5. The molecule has 0 radical (unpaired) electrons. The van der Waals surface area contributed by atoms with Crippen LogP contribution in [0.4, 0.5) is 4.39 Å². The molecule has 0 saturated heterocycles. The third kappa shape index (κ3) is 3.56. The first-order chi connectivity index (χ1) is 16.5. The second kappa shape index (κ2) is 8.19. The quantitative estimate of drug-likeness (QED) is 0.391. The summed E-state index contributed by atoms with van der Waals surface area (Å²) in [5.74, 6) is 3.60. The van der Waals surface area contributed by atoms with Gasteiger partial charge in [-0.1, -0.05) is 6.92 Å². The average Bonchev–Trinajstić information content (AvgIpc) is 3.56. The van der Waals surface area contributed by atoms with E-state index in [1.807, 2.05) is 24.4 Å². The number of imidazole rings is 1. The van der Waals surface area contributed by atoms with Gasteiger partial charge in [-0.15, -0.1) is 0 Å². The van der Waals surface area contributed by atoms with Gasteiger partial charge in [-0.25, -0.2) is 9.37 Å². The minimum atomic E-state index is -0.190. The Balaban J connectivity index is 1.17. The minimum absolute atomic E-state index is 0.0904. The Morgan fingerprint density at radius 1 is 1.12 bits per heavy atom. The van der Waals surface area contributed by atoms with Gasteiger partial charge in [0.15, 0.2) is 0 Å². The van der Waals surface area contributed by atoms with Gasteiger partial charge in [0.05, 0.1) is 16.6 Å². The van der Waals surface area contributed by atoms with E-state index < -0.39 is 0 Å².